The number of hydrogen-bond acceptors (Lipinski definition) is 9. The Labute approximate surface area is 165 Å². The number of nitrogens with zero attached hydrogens (tertiary/aromatic N) is 4. The third-order valence-corrected chi connectivity index (χ3v) is 3.62. The third-order valence-electron chi connectivity index (χ3n) is 3.62. The average Bonchev–Trinajstić information content (AvgIpc) is 2.74. The van der Waals surface area contributed by atoms with Gasteiger partial charge in [-0.3, -0.25) is 30.7 Å². The minimum atomic E-state index is -0.647. The summed E-state index contributed by atoms with van der Waals surface area (Å²) in [5.74, 6) is -0.110. The topological polar surface area (TPSA) is 144 Å². The second-order valence-corrected chi connectivity index (χ2v) is 5.55. The lowest BCUT2D eigenvalue weighted by atomic mass is 10.3. The summed E-state index contributed by atoms with van der Waals surface area (Å²) in [6, 6.07) is 11.7. The molecular weight excluding hydrogens is 378 g/mol. The number of hydrogen-bond donors (Lipinski definition) is 3. The van der Waals surface area contributed by atoms with Gasteiger partial charge in [-0.1, -0.05) is 6.07 Å². The average molecular weight is 395 g/mol. The summed E-state index contributed by atoms with van der Waals surface area (Å²) in [7, 11) is 0. The molecule has 0 atom stereocenters. The Morgan fingerprint density at radius 1 is 1.10 bits per heavy atom. The molecule has 2 heterocycles. The van der Waals surface area contributed by atoms with Gasteiger partial charge in [0.05, 0.1) is 11.5 Å². The van der Waals surface area contributed by atoms with E-state index in [0.29, 0.717) is 18.0 Å². The molecule has 0 aliphatic rings. The Morgan fingerprint density at radius 3 is 2.52 bits per heavy atom. The molecule has 3 aromatic rings. The molecule has 3 N–H and O–H groups in total. The van der Waals surface area contributed by atoms with Crippen LogP contribution in [0.15, 0.2) is 55.0 Å². The number of rotatable bonds is 8. The lowest BCUT2D eigenvalue weighted by Crippen LogP contribution is -2.31. The molecule has 0 saturated carbocycles. The molecule has 0 spiro atoms. The zero-order valence-electron chi connectivity index (χ0n) is 15.3. The minimum absolute atomic E-state index is 0.0382. The number of pyridine rings is 1. The number of hydrazine groups is 1. The monoisotopic (exact) mass is 395 g/mol. The van der Waals surface area contributed by atoms with E-state index in [2.05, 4.69) is 31.1 Å². The van der Waals surface area contributed by atoms with E-state index < -0.39 is 16.5 Å². The molecule has 0 bridgehead atoms. The molecule has 0 unspecified atom stereocenters. The van der Waals surface area contributed by atoms with Gasteiger partial charge in [0.2, 0.25) is 11.6 Å². The van der Waals surface area contributed by atoms with E-state index in [1.165, 1.54) is 12.3 Å². The van der Waals surface area contributed by atoms with Crippen LogP contribution in [0.4, 0.5) is 23.0 Å². The molecule has 11 heteroatoms. The number of nitro groups is 1. The van der Waals surface area contributed by atoms with Crippen molar-refractivity contribution in [3.05, 3.63) is 70.8 Å². The standard InChI is InChI=1S/C18H17N7O4/c1-2-29-13-8-6-12(7-9-13)22-16-15(25(27)28)17(21-11-20-16)23-24-18(26)14-5-3-4-10-19-14/h3-11H,2H2,1H3,(H,24,26)(H2,20,21,22,23). The molecule has 3 rings (SSSR count). The van der Waals surface area contributed by atoms with Gasteiger partial charge in [0, 0.05) is 11.9 Å². The Morgan fingerprint density at radius 2 is 1.86 bits per heavy atom. The van der Waals surface area contributed by atoms with Crippen molar-refractivity contribution in [1.29, 1.82) is 0 Å². The number of aromatic nitrogens is 3. The van der Waals surface area contributed by atoms with Gasteiger partial charge in [0.1, 0.15) is 17.8 Å². The predicted octanol–water partition coefficient (Wildman–Crippen LogP) is 2.68. The maximum Gasteiger partial charge on any atom is 0.355 e. The van der Waals surface area contributed by atoms with E-state index in [4.69, 9.17) is 4.74 Å². The molecule has 0 radical (unpaired) electrons. The predicted molar refractivity (Wildman–Crippen MR) is 105 cm³/mol. The smallest absolute Gasteiger partial charge is 0.355 e. The van der Waals surface area contributed by atoms with Gasteiger partial charge in [-0.25, -0.2) is 9.97 Å². The lowest BCUT2D eigenvalue weighted by Gasteiger charge is -2.11. The van der Waals surface area contributed by atoms with Crippen LogP contribution in [0, 0.1) is 10.1 Å². The number of carbonyl (C=O) groups excluding carboxylic acids is 1. The molecule has 0 fully saturated rings. The maximum absolute atomic E-state index is 12.1. The zero-order valence-corrected chi connectivity index (χ0v) is 15.3. The largest absolute Gasteiger partial charge is 0.494 e. The van der Waals surface area contributed by atoms with Crippen LogP contribution in [-0.4, -0.2) is 32.4 Å². The van der Waals surface area contributed by atoms with Gasteiger partial charge < -0.3 is 10.1 Å². The van der Waals surface area contributed by atoms with Crippen molar-refractivity contribution in [2.75, 3.05) is 17.3 Å². The first-order valence-electron chi connectivity index (χ1n) is 8.55. The maximum atomic E-state index is 12.1. The molecule has 29 heavy (non-hydrogen) atoms. The molecule has 1 aromatic carbocycles. The van der Waals surface area contributed by atoms with Crippen LogP contribution in [0.2, 0.25) is 0 Å². The highest BCUT2D eigenvalue weighted by atomic mass is 16.6. The molecule has 11 nitrogen and oxygen atoms in total. The molecule has 0 aliphatic heterocycles. The lowest BCUT2D eigenvalue weighted by molar-refractivity contribution is -0.383. The van der Waals surface area contributed by atoms with Crippen molar-refractivity contribution in [3.8, 4) is 5.75 Å². The number of anilines is 3. The zero-order chi connectivity index (χ0) is 20.6. The van der Waals surface area contributed by atoms with Crippen molar-refractivity contribution in [2.24, 2.45) is 0 Å². The second-order valence-electron chi connectivity index (χ2n) is 5.55. The van der Waals surface area contributed by atoms with E-state index in [9.17, 15) is 14.9 Å². The summed E-state index contributed by atoms with van der Waals surface area (Å²) in [6.07, 6.45) is 2.60. The quantitative estimate of drug-likeness (QED) is 0.387. The number of benzene rings is 1. The summed E-state index contributed by atoms with van der Waals surface area (Å²) in [6.45, 7) is 2.40. The SMILES string of the molecule is CCOc1ccc(Nc2ncnc(NNC(=O)c3ccccn3)c2[N+](=O)[O-])cc1. The highest BCUT2D eigenvalue weighted by molar-refractivity contribution is 5.93. The normalized spacial score (nSPS) is 10.1. The van der Waals surface area contributed by atoms with Crippen LogP contribution >= 0.6 is 0 Å². The fraction of sp³-hybridized carbons (Fsp3) is 0.111. The van der Waals surface area contributed by atoms with Crippen LogP contribution in [0.1, 0.15) is 17.4 Å². The van der Waals surface area contributed by atoms with Crippen LogP contribution in [0.3, 0.4) is 0 Å². The van der Waals surface area contributed by atoms with Crippen molar-refractivity contribution in [1.82, 2.24) is 20.4 Å². The number of carbonyl (C=O) groups is 1. The molecule has 1 amide bonds. The Kier molecular flexibility index (Phi) is 6.10. The molecule has 2 aromatic heterocycles. The van der Waals surface area contributed by atoms with Gasteiger partial charge in [0.15, 0.2) is 0 Å². The molecule has 0 saturated heterocycles. The number of amides is 1. The summed E-state index contributed by atoms with van der Waals surface area (Å²) in [4.78, 5) is 34.7. The number of nitrogens with one attached hydrogen (secondary N) is 3. The van der Waals surface area contributed by atoms with Gasteiger partial charge in [-0.15, -0.1) is 0 Å². The molecule has 148 valence electrons. The minimum Gasteiger partial charge on any atom is -0.494 e. The van der Waals surface area contributed by atoms with Crippen molar-refractivity contribution >= 4 is 28.9 Å². The molecule has 0 aliphatic carbocycles. The van der Waals surface area contributed by atoms with Crippen molar-refractivity contribution in [2.45, 2.75) is 6.92 Å². The van der Waals surface area contributed by atoms with Crippen LogP contribution in [-0.2, 0) is 0 Å². The van der Waals surface area contributed by atoms with E-state index in [1.54, 1.807) is 36.4 Å². The first-order chi connectivity index (χ1) is 14.1. The Balaban J connectivity index is 1.78. The molecular formula is C18H17N7O4. The van der Waals surface area contributed by atoms with E-state index in [-0.39, 0.29) is 17.3 Å². The highest BCUT2D eigenvalue weighted by Crippen LogP contribution is 2.31. The summed E-state index contributed by atoms with van der Waals surface area (Å²) in [5.41, 5.74) is 5.07. The summed E-state index contributed by atoms with van der Waals surface area (Å²) < 4.78 is 5.37. The van der Waals surface area contributed by atoms with Crippen molar-refractivity contribution in [3.63, 3.8) is 0 Å². The fourth-order valence-electron chi connectivity index (χ4n) is 2.35. The van der Waals surface area contributed by atoms with Crippen LogP contribution in [0.25, 0.3) is 0 Å². The Hall–Kier alpha value is -4.28. The van der Waals surface area contributed by atoms with E-state index in [0.717, 1.165) is 6.33 Å². The first kappa shape index (κ1) is 19.5. The highest BCUT2D eigenvalue weighted by Gasteiger charge is 2.24. The van der Waals surface area contributed by atoms with Gasteiger partial charge in [-0.05, 0) is 43.3 Å². The van der Waals surface area contributed by atoms with Gasteiger partial charge in [-0.2, -0.15) is 0 Å². The van der Waals surface area contributed by atoms with E-state index in [1.807, 2.05) is 6.92 Å². The van der Waals surface area contributed by atoms with Crippen LogP contribution in [0.5, 0.6) is 5.75 Å². The Bertz CT molecular complexity index is 997. The van der Waals surface area contributed by atoms with Crippen molar-refractivity contribution < 1.29 is 14.5 Å². The van der Waals surface area contributed by atoms with Gasteiger partial charge in [0.25, 0.3) is 5.91 Å². The summed E-state index contributed by atoms with van der Waals surface area (Å²) in [5, 5.41) is 14.5. The second kappa shape index (κ2) is 9.08. The first-order valence-corrected chi connectivity index (χ1v) is 8.55. The van der Waals surface area contributed by atoms with Crippen LogP contribution < -0.4 is 20.9 Å². The fourth-order valence-corrected chi connectivity index (χ4v) is 2.35. The third kappa shape index (κ3) is 4.91. The van der Waals surface area contributed by atoms with Gasteiger partial charge >= 0.3 is 5.69 Å². The summed E-state index contributed by atoms with van der Waals surface area (Å²) >= 11 is 0. The van der Waals surface area contributed by atoms with E-state index >= 15 is 0 Å². The number of ether oxygens (including phenoxy) is 1.